The molecule has 0 radical (unpaired) electrons. The second-order valence-electron chi connectivity index (χ2n) is 3.73. The third kappa shape index (κ3) is 2.45. The minimum atomic E-state index is -1.34. The normalized spacial score (nSPS) is 10.2. The lowest BCUT2D eigenvalue weighted by Crippen LogP contribution is -2.03. The number of carboxylic acid groups (broad SMARTS) is 1. The molecule has 0 aliphatic rings. The standard InChI is InChI=1S/C12H6BrNO6/c13-6-3-8(12(16)17)11(9(4-6)14(18)19)10-2-1-7(5-15)20-10/h1-5H,(H,16,17). The molecular formula is C12H6BrNO6. The number of furan rings is 1. The number of carboxylic acids is 1. The third-order valence-electron chi connectivity index (χ3n) is 2.50. The van der Waals surface area contributed by atoms with Gasteiger partial charge in [0, 0.05) is 10.5 Å². The molecule has 0 atom stereocenters. The first-order valence-corrected chi connectivity index (χ1v) is 6.00. The maximum Gasteiger partial charge on any atom is 0.336 e. The summed E-state index contributed by atoms with van der Waals surface area (Å²) in [6.45, 7) is 0. The van der Waals surface area contributed by atoms with E-state index in [1.165, 1.54) is 24.3 Å². The summed E-state index contributed by atoms with van der Waals surface area (Å²) in [5.41, 5.74) is -0.903. The van der Waals surface area contributed by atoms with Crippen molar-refractivity contribution >= 4 is 33.9 Å². The molecular weight excluding hydrogens is 334 g/mol. The summed E-state index contributed by atoms with van der Waals surface area (Å²) in [6.07, 6.45) is 0.425. The number of aldehydes is 1. The van der Waals surface area contributed by atoms with Crippen LogP contribution in [-0.4, -0.2) is 22.3 Å². The molecule has 1 N–H and O–H groups in total. The first-order chi connectivity index (χ1) is 9.43. The maximum absolute atomic E-state index is 11.2. The second kappa shape index (κ2) is 5.25. The number of carbonyl (C=O) groups excluding carboxylic acids is 1. The van der Waals surface area contributed by atoms with Gasteiger partial charge in [0.15, 0.2) is 12.0 Å². The van der Waals surface area contributed by atoms with Gasteiger partial charge in [-0.15, -0.1) is 0 Å². The predicted octanol–water partition coefficient (Wildman–Crippen LogP) is 3.13. The van der Waals surface area contributed by atoms with Crippen molar-refractivity contribution in [2.24, 2.45) is 0 Å². The van der Waals surface area contributed by atoms with Gasteiger partial charge in [-0.3, -0.25) is 14.9 Å². The zero-order chi connectivity index (χ0) is 14.9. The van der Waals surface area contributed by atoms with Crippen LogP contribution < -0.4 is 0 Å². The summed E-state index contributed by atoms with van der Waals surface area (Å²) in [5.74, 6) is -1.44. The lowest BCUT2D eigenvalue weighted by Gasteiger charge is -2.05. The summed E-state index contributed by atoms with van der Waals surface area (Å²) in [7, 11) is 0. The Hall–Kier alpha value is -2.48. The summed E-state index contributed by atoms with van der Waals surface area (Å²) < 4.78 is 5.35. The van der Waals surface area contributed by atoms with E-state index >= 15 is 0 Å². The molecule has 2 aromatic rings. The molecule has 1 aromatic carbocycles. The molecule has 102 valence electrons. The Morgan fingerprint density at radius 1 is 1.40 bits per heavy atom. The molecule has 0 bridgehead atoms. The van der Waals surface area contributed by atoms with Crippen LogP contribution in [0.15, 0.2) is 33.2 Å². The van der Waals surface area contributed by atoms with Crippen molar-refractivity contribution in [1.82, 2.24) is 0 Å². The number of nitro benzene ring substituents is 1. The average Bonchev–Trinajstić information content (AvgIpc) is 2.85. The van der Waals surface area contributed by atoms with E-state index < -0.39 is 16.6 Å². The highest BCUT2D eigenvalue weighted by Gasteiger charge is 2.26. The zero-order valence-electron chi connectivity index (χ0n) is 9.70. The fourth-order valence-electron chi connectivity index (χ4n) is 1.71. The van der Waals surface area contributed by atoms with Gasteiger partial charge in [0.1, 0.15) is 11.3 Å². The molecule has 0 spiro atoms. The topological polar surface area (TPSA) is 111 Å². The van der Waals surface area contributed by atoms with Crippen LogP contribution in [0.25, 0.3) is 11.3 Å². The first-order valence-electron chi connectivity index (χ1n) is 5.20. The Labute approximate surface area is 120 Å². The van der Waals surface area contributed by atoms with Gasteiger partial charge in [-0.05, 0) is 18.2 Å². The van der Waals surface area contributed by atoms with E-state index in [0.29, 0.717) is 6.29 Å². The van der Waals surface area contributed by atoms with Crippen LogP contribution in [-0.2, 0) is 0 Å². The van der Waals surface area contributed by atoms with Gasteiger partial charge in [0.25, 0.3) is 5.69 Å². The fraction of sp³-hybridized carbons (Fsp3) is 0. The Balaban J connectivity index is 2.79. The smallest absolute Gasteiger partial charge is 0.336 e. The lowest BCUT2D eigenvalue weighted by atomic mass is 10.0. The number of hydrogen-bond acceptors (Lipinski definition) is 5. The van der Waals surface area contributed by atoms with Gasteiger partial charge in [0.2, 0.25) is 0 Å². The minimum absolute atomic E-state index is 0.0476. The van der Waals surface area contributed by atoms with Crippen molar-refractivity contribution in [3.05, 3.63) is 50.2 Å². The summed E-state index contributed by atoms with van der Waals surface area (Å²) in [6, 6.07) is 5.02. The van der Waals surface area contributed by atoms with Crippen LogP contribution in [0.3, 0.4) is 0 Å². The van der Waals surface area contributed by atoms with Crippen LogP contribution >= 0.6 is 15.9 Å². The Morgan fingerprint density at radius 2 is 2.10 bits per heavy atom. The first kappa shape index (κ1) is 13.9. The van der Waals surface area contributed by atoms with Gasteiger partial charge < -0.3 is 9.52 Å². The van der Waals surface area contributed by atoms with Crippen molar-refractivity contribution in [2.45, 2.75) is 0 Å². The molecule has 0 fully saturated rings. The highest BCUT2D eigenvalue weighted by atomic mass is 79.9. The number of carbonyl (C=O) groups is 2. The molecule has 0 unspecified atom stereocenters. The molecule has 20 heavy (non-hydrogen) atoms. The monoisotopic (exact) mass is 339 g/mol. The molecule has 0 aliphatic heterocycles. The van der Waals surface area contributed by atoms with E-state index in [4.69, 9.17) is 9.52 Å². The molecule has 1 aromatic heterocycles. The number of rotatable bonds is 4. The quantitative estimate of drug-likeness (QED) is 0.520. The second-order valence-corrected chi connectivity index (χ2v) is 4.65. The van der Waals surface area contributed by atoms with Crippen LogP contribution in [0, 0.1) is 10.1 Å². The third-order valence-corrected chi connectivity index (χ3v) is 2.96. The van der Waals surface area contributed by atoms with Crippen molar-refractivity contribution in [3.63, 3.8) is 0 Å². The number of nitro groups is 1. The molecule has 8 heteroatoms. The van der Waals surface area contributed by atoms with Crippen LogP contribution in [0.4, 0.5) is 5.69 Å². The number of benzene rings is 1. The summed E-state index contributed by atoms with van der Waals surface area (Å²) in [5, 5.41) is 20.2. The predicted molar refractivity (Wildman–Crippen MR) is 70.8 cm³/mol. The van der Waals surface area contributed by atoms with Crippen molar-refractivity contribution < 1.29 is 24.0 Å². The van der Waals surface area contributed by atoms with Crippen LogP contribution in [0.5, 0.6) is 0 Å². The van der Waals surface area contributed by atoms with E-state index in [9.17, 15) is 19.7 Å². The Morgan fingerprint density at radius 3 is 2.60 bits per heavy atom. The fourth-order valence-corrected chi connectivity index (χ4v) is 2.16. The van der Waals surface area contributed by atoms with Crippen LogP contribution in [0.2, 0.25) is 0 Å². The summed E-state index contributed by atoms with van der Waals surface area (Å²) in [4.78, 5) is 32.2. The lowest BCUT2D eigenvalue weighted by molar-refractivity contribution is -0.384. The van der Waals surface area contributed by atoms with E-state index in [1.54, 1.807) is 0 Å². The van der Waals surface area contributed by atoms with Gasteiger partial charge in [-0.1, -0.05) is 15.9 Å². The van der Waals surface area contributed by atoms with E-state index in [2.05, 4.69) is 15.9 Å². The zero-order valence-corrected chi connectivity index (χ0v) is 11.3. The molecule has 0 amide bonds. The molecule has 0 aliphatic carbocycles. The molecule has 2 rings (SSSR count). The highest BCUT2D eigenvalue weighted by molar-refractivity contribution is 9.10. The molecule has 0 saturated heterocycles. The number of nitrogens with zero attached hydrogens (tertiary/aromatic N) is 1. The SMILES string of the molecule is O=Cc1ccc(-c2c(C(=O)O)cc(Br)cc2[N+](=O)[O-])o1. The van der Waals surface area contributed by atoms with Gasteiger partial charge >= 0.3 is 5.97 Å². The Bertz CT molecular complexity index is 685. The largest absolute Gasteiger partial charge is 0.478 e. The van der Waals surface area contributed by atoms with E-state index in [0.717, 1.165) is 0 Å². The molecule has 0 saturated carbocycles. The maximum atomic E-state index is 11.2. The van der Waals surface area contributed by atoms with E-state index in [-0.39, 0.29) is 27.1 Å². The van der Waals surface area contributed by atoms with E-state index in [1.807, 2.05) is 0 Å². The van der Waals surface area contributed by atoms with Crippen molar-refractivity contribution in [2.75, 3.05) is 0 Å². The Kier molecular flexibility index (Phi) is 3.66. The summed E-state index contributed by atoms with van der Waals surface area (Å²) >= 11 is 3.02. The number of hydrogen-bond donors (Lipinski definition) is 1. The number of aromatic carboxylic acids is 1. The average molecular weight is 340 g/mol. The van der Waals surface area contributed by atoms with Gasteiger partial charge in [0.05, 0.1) is 10.5 Å². The molecule has 7 nitrogen and oxygen atoms in total. The van der Waals surface area contributed by atoms with Gasteiger partial charge in [-0.25, -0.2) is 4.79 Å². The molecule has 1 heterocycles. The minimum Gasteiger partial charge on any atom is -0.478 e. The van der Waals surface area contributed by atoms with Crippen molar-refractivity contribution in [1.29, 1.82) is 0 Å². The van der Waals surface area contributed by atoms with Crippen LogP contribution in [0.1, 0.15) is 20.9 Å². The highest BCUT2D eigenvalue weighted by Crippen LogP contribution is 2.36. The van der Waals surface area contributed by atoms with Gasteiger partial charge in [-0.2, -0.15) is 0 Å². The number of halogens is 1. The van der Waals surface area contributed by atoms with Crippen molar-refractivity contribution in [3.8, 4) is 11.3 Å².